The highest BCUT2D eigenvalue weighted by molar-refractivity contribution is 4.25. The fourth-order valence-electron chi connectivity index (χ4n) is 0.235. The molecule has 5 heteroatoms. The molecule has 5 nitrogen and oxygen atoms in total. The number of rotatable bonds is 4. The van der Waals surface area contributed by atoms with Crippen molar-refractivity contribution in [1.82, 2.24) is 5.28 Å². The van der Waals surface area contributed by atoms with Gasteiger partial charge in [0.15, 0.2) is 0 Å². The van der Waals surface area contributed by atoms with E-state index in [0.29, 0.717) is 18.3 Å². The summed E-state index contributed by atoms with van der Waals surface area (Å²) in [6.45, 7) is 0.442. The number of nitrogens with two attached hydrogens (primary N) is 2. The number of hydrazine groups is 2. The van der Waals surface area contributed by atoms with Gasteiger partial charge in [-0.25, -0.2) is 11.7 Å². The fourth-order valence-corrected chi connectivity index (χ4v) is 0.235. The Hall–Kier alpha value is -0.200. The lowest BCUT2D eigenvalue weighted by atomic mass is 10.5. The highest BCUT2D eigenvalue weighted by Gasteiger charge is 1.87. The van der Waals surface area contributed by atoms with Crippen LogP contribution < -0.4 is 11.7 Å². The van der Waals surface area contributed by atoms with E-state index in [-0.39, 0.29) is 6.61 Å². The summed E-state index contributed by atoms with van der Waals surface area (Å²) in [5.41, 5.74) is 0. The number of aliphatic hydroxyl groups excluding tert-OH is 1. The molecule has 0 amide bonds. The van der Waals surface area contributed by atoms with Gasteiger partial charge in [-0.2, -0.15) is 0 Å². The quantitative estimate of drug-likeness (QED) is 0.236. The van der Waals surface area contributed by atoms with E-state index in [4.69, 9.17) is 16.8 Å². The molecule has 0 aromatic heterocycles. The molecule has 0 aliphatic rings. The van der Waals surface area contributed by atoms with Crippen LogP contribution in [0.1, 0.15) is 6.42 Å². The molecule has 0 saturated carbocycles. The lowest BCUT2D eigenvalue weighted by Gasteiger charge is -2.06. The zero-order valence-electron chi connectivity index (χ0n) is 4.58. The van der Waals surface area contributed by atoms with Crippen molar-refractivity contribution in [2.45, 2.75) is 6.42 Å². The summed E-state index contributed by atoms with van der Waals surface area (Å²) in [7, 11) is 0. The number of hydrogen-bond acceptors (Lipinski definition) is 5. The van der Waals surface area contributed by atoms with Gasteiger partial charge >= 0.3 is 0 Å². The summed E-state index contributed by atoms with van der Waals surface area (Å²) in [6, 6.07) is 0. The van der Waals surface area contributed by atoms with Crippen LogP contribution in [-0.2, 0) is 4.84 Å². The van der Waals surface area contributed by atoms with Crippen LogP contribution in [-0.4, -0.2) is 23.6 Å². The van der Waals surface area contributed by atoms with Gasteiger partial charge in [0.25, 0.3) is 0 Å². The van der Waals surface area contributed by atoms with Gasteiger partial charge in [-0.15, -0.1) is 0 Å². The lowest BCUT2D eigenvalue weighted by molar-refractivity contribution is -0.167. The van der Waals surface area contributed by atoms with Gasteiger partial charge in [-0.3, -0.25) is 4.84 Å². The average Bonchev–Trinajstić information content (AvgIpc) is 1.66. The molecule has 0 spiro atoms. The third kappa shape index (κ3) is 5.80. The van der Waals surface area contributed by atoms with E-state index in [1.54, 1.807) is 0 Å². The molecule has 0 aliphatic carbocycles. The zero-order chi connectivity index (χ0) is 6.41. The van der Waals surface area contributed by atoms with Crippen LogP contribution in [0.4, 0.5) is 0 Å². The SMILES string of the molecule is NN(N)OCCCO. The minimum Gasteiger partial charge on any atom is -0.396 e. The van der Waals surface area contributed by atoms with Crippen molar-refractivity contribution in [3.63, 3.8) is 0 Å². The normalized spacial score (nSPS) is 10.5. The number of nitrogens with zero attached hydrogens (tertiary/aromatic N) is 1. The highest BCUT2D eigenvalue weighted by atomic mass is 16.7. The van der Waals surface area contributed by atoms with Gasteiger partial charge in [0.05, 0.1) is 6.61 Å². The summed E-state index contributed by atoms with van der Waals surface area (Å²) >= 11 is 0. The van der Waals surface area contributed by atoms with Crippen LogP contribution in [0.25, 0.3) is 0 Å². The first-order valence-corrected chi connectivity index (χ1v) is 2.30. The molecule has 0 unspecified atom stereocenters. The van der Waals surface area contributed by atoms with Crippen molar-refractivity contribution < 1.29 is 9.94 Å². The second-order valence-corrected chi connectivity index (χ2v) is 1.27. The molecule has 0 atom stereocenters. The first-order valence-electron chi connectivity index (χ1n) is 2.30. The van der Waals surface area contributed by atoms with Gasteiger partial charge in [0, 0.05) is 6.61 Å². The molecule has 0 aromatic rings. The molecule has 5 N–H and O–H groups in total. The fraction of sp³-hybridized carbons (Fsp3) is 1.00. The Bertz CT molecular complexity index is 49.8. The summed E-state index contributed by atoms with van der Waals surface area (Å²) < 4.78 is 0. The van der Waals surface area contributed by atoms with Crippen LogP contribution >= 0.6 is 0 Å². The topological polar surface area (TPSA) is 84.7 Å². The first kappa shape index (κ1) is 7.80. The van der Waals surface area contributed by atoms with E-state index in [1.165, 1.54) is 0 Å². The minimum absolute atomic E-state index is 0.0911. The van der Waals surface area contributed by atoms with Crippen LogP contribution in [0.5, 0.6) is 0 Å². The summed E-state index contributed by atoms with van der Waals surface area (Å²) in [6.07, 6.45) is 0.547. The van der Waals surface area contributed by atoms with E-state index >= 15 is 0 Å². The Morgan fingerprint density at radius 1 is 1.50 bits per heavy atom. The number of hydrogen-bond donors (Lipinski definition) is 3. The van der Waals surface area contributed by atoms with Crippen molar-refractivity contribution in [3.8, 4) is 0 Å². The van der Waals surface area contributed by atoms with E-state index in [9.17, 15) is 0 Å². The molecule has 8 heavy (non-hydrogen) atoms. The molecule has 0 radical (unpaired) electrons. The third-order valence-corrected chi connectivity index (χ3v) is 0.543. The highest BCUT2D eigenvalue weighted by Crippen LogP contribution is 1.77. The molecule has 50 valence electrons. The lowest BCUT2D eigenvalue weighted by Crippen LogP contribution is -2.38. The maximum absolute atomic E-state index is 8.20. The Balaban J connectivity index is 2.72. The molecule has 0 aromatic carbocycles. The van der Waals surface area contributed by atoms with Gasteiger partial charge in [0.1, 0.15) is 0 Å². The molecule has 0 heterocycles. The third-order valence-electron chi connectivity index (χ3n) is 0.543. The smallest absolute Gasteiger partial charge is 0.0738 e. The summed E-state index contributed by atoms with van der Waals surface area (Å²) in [4.78, 5) is 4.51. The van der Waals surface area contributed by atoms with Crippen LogP contribution in [0.3, 0.4) is 0 Å². The Labute approximate surface area is 47.7 Å². The van der Waals surface area contributed by atoms with Crippen LogP contribution in [0.2, 0.25) is 0 Å². The summed E-state index contributed by atoms with van der Waals surface area (Å²) in [5.74, 6) is 9.68. The van der Waals surface area contributed by atoms with Gasteiger partial charge in [-0.05, 0) is 6.42 Å². The molecule has 0 aliphatic heterocycles. The van der Waals surface area contributed by atoms with E-state index in [1.807, 2.05) is 0 Å². The van der Waals surface area contributed by atoms with E-state index in [0.717, 1.165) is 0 Å². The Kier molecular flexibility index (Phi) is 4.82. The number of aliphatic hydroxyl groups is 1. The predicted molar refractivity (Wildman–Crippen MR) is 27.9 cm³/mol. The van der Waals surface area contributed by atoms with E-state index in [2.05, 4.69) is 4.84 Å². The average molecular weight is 121 g/mol. The van der Waals surface area contributed by atoms with Crippen molar-refractivity contribution in [1.29, 1.82) is 0 Å². The van der Waals surface area contributed by atoms with Crippen molar-refractivity contribution in [3.05, 3.63) is 0 Å². The molecule has 0 rings (SSSR count). The van der Waals surface area contributed by atoms with Crippen molar-refractivity contribution in [2.75, 3.05) is 13.2 Å². The largest absolute Gasteiger partial charge is 0.396 e. The summed E-state index contributed by atoms with van der Waals surface area (Å²) in [5, 5.41) is 8.82. The molecule has 0 bridgehead atoms. The van der Waals surface area contributed by atoms with Gasteiger partial charge < -0.3 is 5.11 Å². The Morgan fingerprint density at radius 2 is 2.12 bits per heavy atom. The van der Waals surface area contributed by atoms with Gasteiger partial charge in [-0.1, -0.05) is 5.28 Å². The molecule has 0 fully saturated rings. The monoisotopic (exact) mass is 121 g/mol. The zero-order valence-corrected chi connectivity index (χ0v) is 4.58. The first-order chi connectivity index (χ1) is 3.77. The molecular weight excluding hydrogens is 110 g/mol. The minimum atomic E-state index is 0.0911. The second-order valence-electron chi connectivity index (χ2n) is 1.27. The standard InChI is InChI=1S/C3H11N3O2/c4-6(5)8-3-1-2-7/h7H,1-5H2. The van der Waals surface area contributed by atoms with Gasteiger partial charge in [0.2, 0.25) is 0 Å². The van der Waals surface area contributed by atoms with E-state index < -0.39 is 0 Å². The van der Waals surface area contributed by atoms with Crippen LogP contribution in [0, 0.1) is 0 Å². The van der Waals surface area contributed by atoms with Crippen LogP contribution in [0.15, 0.2) is 0 Å². The Morgan fingerprint density at radius 3 is 2.50 bits per heavy atom. The second kappa shape index (κ2) is 4.95. The van der Waals surface area contributed by atoms with Crippen molar-refractivity contribution >= 4 is 0 Å². The molecule has 0 saturated heterocycles. The molecular formula is C3H11N3O2. The van der Waals surface area contributed by atoms with Crippen molar-refractivity contribution in [2.24, 2.45) is 11.7 Å². The predicted octanol–water partition coefficient (Wildman–Crippen LogP) is -1.65. The maximum Gasteiger partial charge on any atom is 0.0738 e. The maximum atomic E-state index is 8.20.